The lowest BCUT2D eigenvalue weighted by atomic mass is 9.98. The third-order valence-electron chi connectivity index (χ3n) is 2.85. The van der Waals surface area contributed by atoms with Crippen LogP contribution in [0.2, 0.25) is 0 Å². The first kappa shape index (κ1) is 12.2. The van der Waals surface area contributed by atoms with Crippen molar-refractivity contribution in [3.05, 3.63) is 71.3 Å². The zero-order valence-corrected chi connectivity index (χ0v) is 10.2. The minimum atomic E-state index is -0.406. The fraction of sp³-hybridized carbons (Fsp3) is 0.125. The summed E-state index contributed by atoms with van der Waals surface area (Å²) in [6.07, 6.45) is 0.161. The summed E-state index contributed by atoms with van der Waals surface area (Å²) < 4.78 is 0. The molecule has 18 heavy (non-hydrogen) atoms. The van der Waals surface area contributed by atoms with Gasteiger partial charge in [-0.3, -0.25) is 9.59 Å². The molecule has 0 aliphatic heterocycles. The van der Waals surface area contributed by atoms with Crippen molar-refractivity contribution in [2.24, 2.45) is 0 Å². The van der Waals surface area contributed by atoms with Gasteiger partial charge >= 0.3 is 0 Å². The minimum absolute atomic E-state index is 0.161. The monoisotopic (exact) mass is 238 g/mol. The average molecular weight is 238 g/mol. The normalized spacial score (nSPS) is 10.1. The molecule has 0 radical (unpaired) electrons. The second-order valence-electron chi connectivity index (χ2n) is 4.23. The maximum atomic E-state index is 12.0. The quantitative estimate of drug-likeness (QED) is 0.606. The highest BCUT2D eigenvalue weighted by Gasteiger charge is 2.17. The molecule has 0 saturated heterocycles. The molecule has 0 aromatic heterocycles. The fourth-order valence-corrected chi connectivity index (χ4v) is 1.84. The van der Waals surface area contributed by atoms with Crippen molar-refractivity contribution in [3.8, 4) is 0 Å². The van der Waals surface area contributed by atoms with Gasteiger partial charge < -0.3 is 0 Å². The number of rotatable bonds is 4. The molecule has 2 rings (SSSR count). The van der Waals surface area contributed by atoms with Crippen molar-refractivity contribution in [2.45, 2.75) is 13.3 Å². The smallest absolute Gasteiger partial charge is 0.229 e. The van der Waals surface area contributed by atoms with Crippen LogP contribution < -0.4 is 0 Å². The number of carbonyl (C=O) groups is 2. The molecular formula is C16H14O2. The summed E-state index contributed by atoms with van der Waals surface area (Å²) in [7, 11) is 0. The molecule has 0 aliphatic rings. The molecule has 90 valence electrons. The first-order chi connectivity index (χ1) is 8.68. The highest BCUT2D eigenvalue weighted by molar-refractivity contribution is 6.44. The molecule has 0 unspecified atom stereocenters. The van der Waals surface area contributed by atoms with Gasteiger partial charge in [0.05, 0.1) is 0 Å². The maximum absolute atomic E-state index is 12.0. The van der Waals surface area contributed by atoms with Gasteiger partial charge in [-0.2, -0.15) is 0 Å². The Hall–Kier alpha value is -2.22. The number of ketones is 2. The summed E-state index contributed by atoms with van der Waals surface area (Å²) in [6, 6.07) is 16.5. The Morgan fingerprint density at radius 3 is 2.17 bits per heavy atom. The summed E-state index contributed by atoms with van der Waals surface area (Å²) in [5.41, 5.74) is 2.20. The molecule has 0 heterocycles. The molecule has 0 spiro atoms. The molecule has 0 fully saturated rings. The van der Waals surface area contributed by atoms with Gasteiger partial charge in [0.15, 0.2) is 0 Å². The Morgan fingerprint density at radius 1 is 0.889 bits per heavy atom. The Morgan fingerprint density at radius 2 is 1.50 bits per heavy atom. The number of carbonyl (C=O) groups excluding carboxylic acids is 2. The summed E-state index contributed by atoms with van der Waals surface area (Å²) in [5.74, 6) is -0.771. The van der Waals surface area contributed by atoms with E-state index >= 15 is 0 Å². The number of hydrogen-bond donors (Lipinski definition) is 0. The summed E-state index contributed by atoms with van der Waals surface area (Å²) in [5, 5.41) is 0. The van der Waals surface area contributed by atoms with Gasteiger partial charge in [-0.1, -0.05) is 54.6 Å². The lowest BCUT2D eigenvalue weighted by Gasteiger charge is -2.04. The van der Waals surface area contributed by atoms with E-state index in [1.807, 2.05) is 49.4 Å². The highest BCUT2D eigenvalue weighted by Crippen LogP contribution is 2.10. The molecule has 0 N–H and O–H groups in total. The minimum Gasteiger partial charge on any atom is -0.290 e. The molecule has 2 heteroatoms. The zero-order chi connectivity index (χ0) is 13.0. The molecule has 0 bridgehead atoms. The predicted molar refractivity (Wildman–Crippen MR) is 70.7 cm³/mol. The second kappa shape index (κ2) is 5.41. The van der Waals surface area contributed by atoms with Crippen LogP contribution in [0.3, 0.4) is 0 Å². The molecule has 0 saturated carbocycles. The van der Waals surface area contributed by atoms with E-state index in [9.17, 15) is 9.59 Å². The SMILES string of the molecule is Cc1ccccc1C(=O)C(=O)Cc1ccccc1. The number of hydrogen-bond acceptors (Lipinski definition) is 2. The van der Waals surface area contributed by atoms with Gasteiger partial charge in [-0.25, -0.2) is 0 Å². The van der Waals surface area contributed by atoms with E-state index in [0.29, 0.717) is 5.56 Å². The first-order valence-electron chi connectivity index (χ1n) is 5.85. The van der Waals surface area contributed by atoms with Gasteiger partial charge in [0.1, 0.15) is 0 Å². The van der Waals surface area contributed by atoms with Gasteiger partial charge in [0.25, 0.3) is 0 Å². The average Bonchev–Trinajstić information content (AvgIpc) is 2.39. The van der Waals surface area contributed by atoms with E-state index in [2.05, 4.69) is 0 Å². The van der Waals surface area contributed by atoms with Crippen molar-refractivity contribution < 1.29 is 9.59 Å². The van der Waals surface area contributed by atoms with E-state index < -0.39 is 5.78 Å². The molecule has 2 aromatic rings. The summed E-state index contributed by atoms with van der Waals surface area (Å²) in [6.45, 7) is 1.84. The standard InChI is InChI=1S/C16H14O2/c1-12-7-5-6-10-14(12)16(18)15(17)11-13-8-3-2-4-9-13/h2-10H,11H2,1H3. The van der Waals surface area contributed by atoms with Crippen LogP contribution in [0.1, 0.15) is 21.5 Å². The van der Waals surface area contributed by atoms with E-state index in [1.54, 1.807) is 12.1 Å². The number of Topliss-reactive ketones (excluding diaryl/α,β-unsaturated/α-hetero) is 2. The van der Waals surface area contributed by atoms with Gasteiger partial charge in [-0.15, -0.1) is 0 Å². The lowest BCUT2D eigenvalue weighted by Crippen LogP contribution is -2.17. The second-order valence-corrected chi connectivity index (χ2v) is 4.23. The first-order valence-corrected chi connectivity index (χ1v) is 5.85. The van der Waals surface area contributed by atoms with Gasteiger partial charge in [0.2, 0.25) is 11.6 Å². The Bertz CT molecular complexity index is 571. The van der Waals surface area contributed by atoms with Crippen LogP contribution in [0.15, 0.2) is 54.6 Å². The zero-order valence-electron chi connectivity index (χ0n) is 10.2. The topological polar surface area (TPSA) is 34.1 Å². The Kier molecular flexibility index (Phi) is 3.68. The van der Waals surface area contributed by atoms with Gasteiger partial charge in [-0.05, 0) is 18.1 Å². The van der Waals surface area contributed by atoms with Crippen LogP contribution in [0.25, 0.3) is 0 Å². The van der Waals surface area contributed by atoms with Crippen molar-refractivity contribution >= 4 is 11.6 Å². The Balaban J connectivity index is 2.16. The van der Waals surface area contributed by atoms with Crippen molar-refractivity contribution in [3.63, 3.8) is 0 Å². The number of benzene rings is 2. The van der Waals surface area contributed by atoms with Crippen LogP contribution in [0.5, 0.6) is 0 Å². The van der Waals surface area contributed by atoms with E-state index in [-0.39, 0.29) is 12.2 Å². The van der Waals surface area contributed by atoms with E-state index in [1.165, 1.54) is 0 Å². The van der Waals surface area contributed by atoms with Crippen LogP contribution >= 0.6 is 0 Å². The molecule has 0 amide bonds. The molecule has 2 aromatic carbocycles. The molecule has 0 atom stereocenters. The largest absolute Gasteiger partial charge is 0.290 e. The third-order valence-corrected chi connectivity index (χ3v) is 2.85. The number of aryl methyl sites for hydroxylation is 1. The fourth-order valence-electron chi connectivity index (χ4n) is 1.84. The predicted octanol–water partition coefficient (Wildman–Crippen LogP) is 2.99. The third kappa shape index (κ3) is 2.72. The van der Waals surface area contributed by atoms with Crippen LogP contribution in [0.4, 0.5) is 0 Å². The van der Waals surface area contributed by atoms with E-state index in [4.69, 9.17) is 0 Å². The molecule has 0 aliphatic carbocycles. The lowest BCUT2D eigenvalue weighted by molar-refractivity contribution is -0.114. The van der Waals surface area contributed by atoms with Crippen molar-refractivity contribution in [2.75, 3.05) is 0 Å². The summed E-state index contributed by atoms with van der Waals surface area (Å²) >= 11 is 0. The molecule has 2 nitrogen and oxygen atoms in total. The van der Waals surface area contributed by atoms with Gasteiger partial charge in [0, 0.05) is 12.0 Å². The highest BCUT2D eigenvalue weighted by atomic mass is 16.2. The van der Waals surface area contributed by atoms with Crippen LogP contribution in [-0.2, 0) is 11.2 Å². The maximum Gasteiger partial charge on any atom is 0.229 e. The Labute approximate surface area is 106 Å². The summed E-state index contributed by atoms with van der Waals surface area (Å²) in [4.78, 5) is 23.9. The van der Waals surface area contributed by atoms with Crippen LogP contribution in [-0.4, -0.2) is 11.6 Å². The van der Waals surface area contributed by atoms with Crippen molar-refractivity contribution in [1.82, 2.24) is 0 Å². The molecular weight excluding hydrogens is 224 g/mol. The van der Waals surface area contributed by atoms with Crippen molar-refractivity contribution in [1.29, 1.82) is 0 Å². The van der Waals surface area contributed by atoms with Crippen LogP contribution in [0, 0.1) is 6.92 Å². The van der Waals surface area contributed by atoms with E-state index in [0.717, 1.165) is 11.1 Å².